The van der Waals surface area contributed by atoms with E-state index in [9.17, 15) is 0 Å². The number of aromatic nitrogens is 1. The van der Waals surface area contributed by atoms with Crippen LogP contribution in [0.4, 0.5) is 0 Å². The molecule has 0 bridgehead atoms. The van der Waals surface area contributed by atoms with Crippen LogP contribution in [0.5, 0.6) is 0 Å². The lowest BCUT2D eigenvalue weighted by molar-refractivity contribution is 0.667. The van der Waals surface area contributed by atoms with Gasteiger partial charge in [0.25, 0.3) is 0 Å². The molecule has 0 aliphatic heterocycles. The summed E-state index contributed by atoms with van der Waals surface area (Å²) in [6, 6.07) is 26.0. The maximum absolute atomic E-state index is 4.91. The lowest BCUT2D eigenvalue weighted by Crippen LogP contribution is -1.94. The van der Waals surface area contributed by atoms with Crippen LogP contribution in [-0.2, 0) is 6.42 Å². The van der Waals surface area contributed by atoms with Crippen molar-refractivity contribution in [3.05, 3.63) is 78.4 Å². The smallest absolute Gasteiger partial charge is 0.0716 e. The lowest BCUT2D eigenvalue weighted by Gasteiger charge is -2.14. The molecule has 26 heavy (non-hydrogen) atoms. The van der Waals surface area contributed by atoms with Crippen molar-refractivity contribution < 1.29 is 0 Å². The van der Waals surface area contributed by atoms with Gasteiger partial charge in [-0.05, 0) is 47.7 Å². The second-order valence-electron chi connectivity index (χ2n) is 7.02. The highest BCUT2D eigenvalue weighted by Gasteiger charge is 2.11. The molecule has 0 aliphatic rings. The fourth-order valence-electron chi connectivity index (χ4n) is 3.79. The van der Waals surface area contributed by atoms with E-state index < -0.39 is 0 Å². The Kier molecular flexibility index (Phi) is 4.97. The number of aryl methyl sites for hydroxylation is 1. The van der Waals surface area contributed by atoms with Gasteiger partial charge >= 0.3 is 0 Å². The Morgan fingerprint density at radius 1 is 0.731 bits per heavy atom. The van der Waals surface area contributed by atoms with Crippen LogP contribution in [0.25, 0.3) is 32.9 Å². The molecule has 0 spiro atoms. The minimum absolute atomic E-state index is 1.06. The Balaban J connectivity index is 1.88. The molecule has 0 amide bonds. The molecule has 0 atom stereocenters. The molecular weight excluding hydrogens is 314 g/mol. The quantitative estimate of drug-likeness (QED) is 0.268. The van der Waals surface area contributed by atoms with E-state index in [0.29, 0.717) is 0 Å². The Hall–Kier alpha value is -2.67. The molecule has 4 aromatic rings. The van der Waals surface area contributed by atoms with Gasteiger partial charge in [-0.15, -0.1) is 0 Å². The summed E-state index contributed by atoms with van der Waals surface area (Å²) < 4.78 is 0. The molecule has 0 fully saturated rings. The van der Waals surface area contributed by atoms with Crippen molar-refractivity contribution in [2.45, 2.75) is 39.0 Å². The zero-order valence-corrected chi connectivity index (χ0v) is 15.4. The van der Waals surface area contributed by atoms with E-state index in [0.717, 1.165) is 17.5 Å². The number of para-hydroxylation sites is 1. The van der Waals surface area contributed by atoms with Gasteiger partial charge in [0.2, 0.25) is 0 Å². The van der Waals surface area contributed by atoms with Gasteiger partial charge in [-0.3, -0.25) is 0 Å². The van der Waals surface area contributed by atoms with Gasteiger partial charge in [-0.2, -0.15) is 0 Å². The summed E-state index contributed by atoms with van der Waals surface area (Å²) in [6.45, 7) is 2.27. The molecule has 0 radical (unpaired) electrons. The monoisotopic (exact) mass is 339 g/mol. The molecule has 130 valence electrons. The van der Waals surface area contributed by atoms with Crippen LogP contribution in [0, 0.1) is 0 Å². The molecule has 0 saturated heterocycles. The average molecular weight is 339 g/mol. The molecule has 0 unspecified atom stereocenters. The van der Waals surface area contributed by atoms with Crippen LogP contribution in [0.3, 0.4) is 0 Å². The van der Waals surface area contributed by atoms with Crippen molar-refractivity contribution in [3.8, 4) is 11.1 Å². The summed E-state index contributed by atoms with van der Waals surface area (Å²) in [5.74, 6) is 0. The standard InChI is InChI=1S/C25H25N/c1-2-3-4-6-13-20-16-17-24-22(25(20)19-11-7-5-8-12-19)18-21-14-9-10-15-23(21)26-24/h5,7-12,14-18H,2-4,6,13H2,1H3. The normalized spacial score (nSPS) is 11.3. The van der Waals surface area contributed by atoms with Crippen LogP contribution in [0.2, 0.25) is 0 Å². The van der Waals surface area contributed by atoms with Gasteiger partial charge in [0.15, 0.2) is 0 Å². The number of rotatable bonds is 6. The van der Waals surface area contributed by atoms with Crippen molar-refractivity contribution in [1.82, 2.24) is 4.98 Å². The Labute approximate surface area is 155 Å². The average Bonchev–Trinajstić information content (AvgIpc) is 2.70. The van der Waals surface area contributed by atoms with E-state index >= 15 is 0 Å². The number of nitrogens with zero attached hydrogens (tertiary/aromatic N) is 1. The van der Waals surface area contributed by atoms with Gasteiger partial charge < -0.3 is 0 Å². The van der Waals surface area contributed by atoms with Crippen LogP contribution < -0.4 is 0 Å². The van der Waals surface area contributed by atoms with Crippen LogP contribution in [0.15, 0.2) is 72.8 Å². The highest BCUT2D eigenvalue weighted by molar-refractivity contribution is 6.02. The summed E-state index contributed by atoms with van der Waals surface area (Å²) in [5.41, 5.74) is 6.24. The Morgan fingerprint density at radius 2 is 1.54 bits per heavy atom. The van der Waals surface area contributed by atoms with Gasteiger partial charge in [-0.1, -0.05) is 80.8 Å². The van der Waals surface area contributed by atoms with E-state index in [4.69, 9.17) is 4.98 Å². The third kappa shape index (κ3) is 3.35. The lowest BCUT2D eigenvalue weighted by atomic mass is 9.91. The summed E-state index contributed by atoms with van der Waals surface area (Å²) in [4.78, 5) is 4.91. The Bertz CT molecular complexity index is 1020. The molecule has 1 nitrogen and oxygen atoms in total. The summed E-state index contributed by atoms with van der Waals surface area (Å²) >= 11 is 0. The second-order valence-corrected chi connectivity index (χ2v) is 7.02. The molecule has 0 saturated carbocycles. The van der Waals surface area contributed by atoms with E-state index in [1.807, 2.05) is 0 Å². The SMILES string of the molecule is CCCCCCc1ccc2nc3ccccc3cc2c1-c1ccccc1. The van der Waals surface area contributed by atoms with Gasteiger partial charge in [0.05, 0.1) is 11.0 Å². The topological polar surface area (TPSA) is 12.9 Å². The first-order chi connectivity index (χ1) is 12.9. The third-order valence-electron chi connectivity index (χ3n) is 5.15. The van der Waals surface area contributed by atoms with Crippen molar-refractivity contribution in [3.63, 3.8) is 0 Å². The number of fused-ring (bicyclic) bond motifs is 2. The molecule has 4 rings (SSSR count). The predicted molar refractivity (Wildman–Crippen MR) is 113 cm³/mol. The van der Waals surface area contributed by atoms with Crippen molar-refractivity contribution in [2.75, 3.05) is 0 Å². The number of hydrogen-bond donors (Lipinski definition) is 0. The third-order valence-corrected chi connectivity index (χ3v) is 5.15. The fourth-order valence-corrected chi connectivity index (χ4v) is 3.79. The molecule has 1 aromatic heterocycles. The van der Waals surface area contributed by atoms with Gasteiger partial charge in [0, 0.05) is 10.8 Å². The number of unbranched alkanes of at least 4 members (excludes halogenated alkanes) is 3. The van der Waals surface area contributed by atoms with E-state index in [-0.39, 0.29) is 0 Å². The van der Waals surface area contributed by atoms with Crippen LogP contribution >= 0.6 is 0 Å². The van der Waals surface area contributed by atoms with Gasteiger partial charge in [0.1, 0.15) is 0 Å². The first kappa shape index (κ1) is 16.8. The molecular formula is C25H25N. The predicted octanol–water partition coefficient (Wildman–Crippen LogP) is 7.18. The fraction of sp³-hybridized carbons (Fsp3) is 0.240. The maximum atomic E-state index is 4.91. The highest BCUT2D eigenvalue weighted by Crippen LogP contribution is 2.34. The second kappa shape index (κ2) is 7.70. The molecule has 0 aliphatic carbocycles. The molecule has 1 heterocycles. The molecule has 1 heteroatoms. The molecule has 3 aromatic carbocycles. The summed E-state index contributed by atoms with van der Waals surface area (Å²) in [7, 11) is 0. The first-order valence-corrected chi connectivity index (χ1v) is 9.73. The van der Waals surface area contributed by atoms with Crippen LogP contribution in [0.1, 0.15) is 38.2 Å². The van der Waals surface area contributed by atoms with Gasteiger partial charge in [-0.25, -0.2) is 4.98 Å². The molecule has 0 N–H and O–H groups in total. The number of hydrogen-bond acceptors (Lipinski definition) is 1. The minimum Gasteiger partial charge on any atom is -0.248 e. The maximum Gasteiger partial charge on any atom is 0.0716 e. The van der Waals surface area contributed by atoms with E-state index in [2.05, 4.69) is 79.7 Å². The summed E-state index contributed by atoms with van der Waals surface area (Å²) in [6.07, 6.45) is 6.28. The van der Waals surface area contributed by atoms with Crippen LogP contribution in [-0.4, -0.2) is 4.98 Å². The van der Waals surface area contributed by atoms with Crippen molar-refractivity contribution >= 4 is 21.8 Å². The van der Waals surface area contributed by atoms with Crippen molar-refractivity contribution in [1.29, 1.82) is 0 Å². The van der Waals surface area contributed by atoms with Crippen molar-refractivity contribution in [2.24, 2.45) is 0 Å². The van der Waals surface area contributed by atoms with E-state index in [1.165, 1.54) is 53.1 Å². The minimum atomic E-state index is 1.06. The number of pyridine rings is 1. The highest BCUT2D eigenvalue weighted by atomic mass is 14.7. The number of benzene rings is 3. The largest absolute Gasteiger partial charge is 0.248 e. The zero-order valence-electron chi connectivity index (χ0n) is 15.4. The summed E-state index contributed by atoms with van der Waals surface area (Å²) in [5, 5.41) is 2.48. The first-order valence-electron chi connectivity index (χ1n) is 9.73. The van der Waals surface area contributed by atoms with E-state index in [1.54, 1.807) is 0 Å². The Morgan fingerprint density at radius 3 is 2.38 bits per heavy atom. The zero-order chi connectivity index (χ0) is 17.8.